The predicted molar refractivity (Wildman–Crippen MR) is 122 cm³/mol. The Bertz CT molecular complexity index is 1120. The highest BCUT2D eigenvalue weighted by Crippen LogP contribution is 2.37. The van der Waals surface area contributed by atoms with Gasteiger partial charge in [0.25, 0.3) is 0 Å². The van der Waals surface area contributed by atoms with Gasteiger partial charge < -0.3 is 5.32 Å². The number of ketones is 1. The lowest BCUT2D eigenvalue weighted by Gasteiger charge is -2.28. The summed E-state index contributed by atoms with van der Waals surface area (Å²) >= 11 is 7.80. The van der Waals surface area contributed by atoms with Crippen LogP contribution in [0.3, 0.4) is 0 Å². The van der Waals surface area contributed by atoms with E-state index in [1.54, 1.807) is 6.92 Å². The maximum atomic E-state index is 12.5. The molecule has 5 nitrogen and oxygen atoms in total. The molecule has 4 rings (SSSR count). The summed E-state index contributed by atoms with van der Waals surface area (Å²) in [6.45, 7) is 5.64. The molecule has 0 spiro atoms. The Morgan fingerprint density at radius 2 is 1.93 bits per heavy atom. The number of aryl methyl sites for hydroxylation is 1. The molecule has 2 aromatic carbocycles. The molecule has 0 amide bonds. The van der Waals surface area contributed by atoms with Crippen molar-refractivity contribution in [3.8, 4) is 0 Å². The summed E-state index contributed by atoms with van der Waals surface area (Å²) in [6.07, 6.45) is 0.971. The normalized spacial score (nSPS) is 15.7. The van der Waals surface area contributed by atoms with Gasteiger partial charge in [-0.25, -0.2) is 4.68 Å². The van der Waals surface area contributed by atoms with Crippen LogP contribution in [0.15, 0.2) is 65.0 Å². The van der Waals surface area contributed by atoms with Gasteiger partial charge in [0.05, 0.1) is 0 Å². The van der Waals surface area contributed by atoms with Crippen molar-refractivity contribution < 1.29 is 4.79 Å². The summed E-state index contributed by atoms with van der Waals surface area (Å²) in [5.74, 6) is 1.34. The molecule has 154 valence electrons. The number of carbonyl (C=O) groups is 1. The smallest absolute Gasteiger partial charge is 0.227 e. The molecule has 1 aliphatic heterocycles. The number of Topliss-reactive ketones (excluding diaryl/α,β-unsaturated/α-hetero) is 1. The maximum absolute atomic E-state index is 12.5. The Labute approximate surface area is 185 Å². The number of thioether (sulfide) groups is 1. The molecule has 0 radical (unpaired) electrons. The molecular formula is C23H23ClN4OS. The molecule has 1 aliphatic rings. The van der Waals surface area contributed by atoms with Gasteiger partial charge in [-0.05, 0) is 43.0 Å². The Balaban J connectivity index is 1.69. The summed E-state index contributed by atoms with van der Waals surface area (Å²) in [7, 11) is 0. The number of nitrogens with one attached hydrogen (secondary N) is 1. The van der Waals surface area contributed by atoms with Gasteiger partial charge >= 0.3 is 0 Å². The van der Waals surface area contributed by atoms with Crippen LogP contribution in [0.2, 0.25) is 5.02 Å². The van der Waals surface area contributed by atoms with Crippen LogP contribution in [0.4, 0.5) is 5.95 Å². The van der Waals surface area contributed by atoms with Crippen molar-refractivity contribution in [1.29, 1.82) is 0 Å². The van der Waals surface area contributed by atoms with Crippen molar-refractivity contribution in [2.45, 2.75) is 44.1 Å². The van der Waals surface area contributed by atoms with Crippen LogP contribution in [0.25, 0.3) is 0 Å². The van der Waals surface area contributed by atoms with E-state index in [4.69, 9.17) is 16.7 Å². The third-order valence-electron chi connectivity index (χ3n) is 5.23. The lowest BCUT2D eigenvalue weighted by Crippen LogP contribution is -2.27. The number of aromatic nitrogens is 3. The fourth-order valence-electron chi connectivity index (χ4n) is 3.65. The summed E-state index contributed by atoms with van der Waals surface area (Å²) < 4.78 is 1.82. The van der Waals surface area contributed by atoms with Crippen LogP contribution >= 0.6 is 23.4 Å². The van der Waals surface area contributed by atoms with Crippen LogP contribution in [-0.2, 0) is 17.0 Å². The highest BCUT2D eigenvalue weighted by atomic mass is 35.5. The molecule has 7 heteroatoms. The van der Waals surface area contributed by atoms with E-state index in [2.05, 4.69) is 41.5 Å². The Morgan fingerprint density at radius 1 is 1.20 bits per heavy atom. The summed E-state index contributed by atoms with van der Waals surface area (Å²) in [5.41, 5.74) is 4.84. The molecule has 1 N–H and O–H groups in total. The molecule has 30 heavy (non-hydrogen) atoms. The minimum atomic E-state index is -0.299. The standard InChI is InChI=1S/C23H23ClN4OS/c1-4-16-9-11-17(12-10-16)21-20(15(3)29)14(2)25-22-26-23(27-28(21)22)30-13-18-7-5-6-8-19(18)24/h5-12,21H,4,13H2,1-3H3,(H,25,26,27). The van der Waals surface area contributed by atoms with Crippen molar-refractivity contribution in [3.05, 3.63) is 81.5 Å². The number of anilines is 1. The van der Waals surface area contributed by atoms with Gasteiger partial charge in [0, 0.05) is 22.0 Å². The molecule has 3 aromatic rings. The summed E-state index contributed by atoms with van der Waals surface area (Å²) in [6, 6.07) is 15.8. The van der Waals surface area contributed by atoms with E-state index in [9.17, 15) is 4.79 Å². The number of hydrogen-bond acceptors (Lipinski definition) is 5. The first-order valence-electron chi connectivity index (χ1n) is 9.88. The third kappa shape index (κ3) is 4.02. The molecule has 0 bridgehead atoms. The van der Waals surface area contributed by atoms with Crippen molar-refractivity contribution in [2.75, 3.05) is 5.32 Å². The molecular weight excluding hydrogens is 416 g/mol. The average molecular weight is 439 g/mol. The molecule has 2 heterocycles. The molecule has 0 aliphatic carbocycles. The van der Waals surface area contributed by atoms with Gasteiger partial charge in [-0.15, -0.1) is 5.10 Å². The highest BCUT2D eigenvalue weighted by Gasteiger charge is 2.32. The molecule has 0 saturated carbocycles. The van der Waals surface area contributed by atoms with E-state index in [1.165, 1.54) is 17.3 Å². The van der Waals surface area contributed by atoms with Gasteiger partial charge in [-0.1, -0.05) is 72.8 Å². The minimum absolute atomic E-state index is 0.0241. The Hall–Kier alpha value is -2.57. The lowest BCUT2D eigenvalue weighted by molar-refractivity contribution is -0.114. The quantitative estimate of drug-likeness (QED) is 0.503. The zero-order valence-corrected chi connectivity index (χ0v) is 18.7. The van der Waals surface area contributed by atoms with E-state index < -0.39 is 0 Å². The fraction of sp³-hybridized carbons (Fsp3) is 0.261. The number of carbonyl (C=O) groups excluding carboxylic acids is 1. The second-order valence-electron chi connectivity index (χ2n) is 7.26. The molecule has 1 aromatic heterocycles. The minimum Gasteiger partial charge on any atom is -0.328 e. The van der Waals surface area contributed by atoms with Crippen LogP contribution in [0, 0.1) is 0 Å². The first kappa shape index (κ1) is 20.7. The fourth-order valence-corrected chi connectivity index (χ4v) is 4.77. The van der Waals surface area contributed by atoms with Crippen molar-refractivity contribution in [1.82, 2.24) is 14.8 Å². The van der Waals surface area contributed by atoms with Gasteiger partial charge in [-0.3, -0.25) is 4.79 Å². The zero-order chi connectivity index (χ0) is 21.3. The topological polar surface area (TPSA) is 59.8 Å². The Kier molecular flexibility index (Phi) is 5.97. The number of benzene rings is 2. The second-order valence-corrected chi connectivity index (χ2v) is 8.61. The monoisotopic (exact) mass is 438 g/mol. The number of hydrogen-bond donors (Lipinski definition) is 1. The first-order chi connectivity index (χ1) is 14.5. The molecule has 1 unspecified atom stereocenters. The van der Waals surface area contributed by atoms with Crippen molar-refractivity contribution in [3.63, 3.8) is 0 Å². The number of nitrogens with zero attached hydrogens (tertiary/aromatic N) is 3. The maximum Gasteiger partial charge on any atom is 0.227 e. The molecule has 0 fully saturated rings. The van der Waals surface area contributed by atoms with E-state index in [-0.39, 0.29) is 11.8 Å². The highest BCUT2D eigenvalue weighted by molar-refractivity contribution is 7.98. The lowest BCUT2D eigenvalue weighted by atomic mass is 9.92. The second kappa shape index (κ2) is 8.66. The summed E-state index contributed by atoms with van der Waals surface area (Å²) in [4.78, 5) is 17.2. The largest absolute Gasteiger partial charge is 0.328 e. The first-order valence-corrected chi connectivity index (χ1v) is 11.2. The SMILES string of the molecule is CCc1ccc(C2C(C(C)=O)=C(C)Nc3nc(SCc4ccccc4Cl)nn32)cc1. The van der Waals surface area contributed by atoms with Crippen LogP contribution < -0.4 is 5.32 Å². The van der Waals surface area contributed by atoms with E-state index in [0.29, 0.717) is 22.4 Å². The van der Waals surface area contributed by atoms with E-state index in [0.717, 1.165) is 28.3 Å². The van der Waals surface area contributed by atoms with Gasteiger partial charge in [-0.2, -0.15) is 4.98 Å². The van der Waals surface area contributed by atoms with Crippen molar-refractivity contribution >= 4 is 35.1 Å². The van der Waals surface area contributed by atoms with Gasteiger partial charge in [0.1, 0.15) is 6.04 Å². The average Bonchev–Trinajstić information content (AvgIpc) is 3.14. The van der Waals surface area contributed by atoms with Gasteiger partial charge in [0.15, 0.2) is 5.78 Å². The predicted octanol–water partition coefficient (Wildman–Crippen LogP) is 5.66. The Morgan fingerprint density at radius 3 is 2.60 bits per heavy atom. The molecule has 1 atom stereocenters. The van der Waals surface area contributed by atoms with Crippen molar-refractivity contribution in [2.24, 2.45) is 0 Å². The summed E-state index contributed by atoms with van der Waals surface area (Å²) in [5, 5.41) is 9.37. The molecule has 0 saturated heterocycles. The number of allylic oxidation sites excluding steroid dienone is 2. The zero-order valence-electron chi connectivity index (χ0n) is 17.1. The van der Waals surface area contributed by atoms with E-state index >= 15 is 0 Å². The van der Waals surface area contributed by atoms with Gasteiger partial charge in [0.2, 0.25) is 11.1 Å². The van der Waals surface area contributed by atoms with Crippen LogP contribution in [0.5, 0.6) is 0 Å². The third-order valence-corrected chi connectivity index (χ3v) is 6.49. The van der Waals surface area contributed by atoms with Crippen LogP contribution in [-0.4, -0.2) is 20.5 Å². The van der Waals surface area contributed by atoms with E-state index in [1.807, 2.05) is 35.9 Å². The van der Waals surface area contributed by atoms with Crippen LogP contribution in [0.1, 0.15) is 43.5 Å². The number of halogens is 1. The number of rotatable bonds is 6. The number of fused-ring (bicyclic) bond motifs is 1.